The Hall–Kier alpha value is -0.450. The molecule has 0 aliphatic heterocycles. The number of nitrogens with two attached hydrogens (primary N) is 1. The Kier molecular flexibility index (Phi) is 4.54. The van der Waals surface area contributed by atoms with E-state index in [1.165, 1.54) is 4.90 Å². The second kappa shape index (κ2) is 5.94. The predicted octanol–water partition coefficient (Wildman–Crippen LogP) is 5.09. The average Bonchev–Trinajstić information content (AvgIpc) is 2.28. The molecule has 0 aliphatic carbocycles. The van der Waals surface area contributed by atoms with E-state index in [9.17, 15) is 0 Å². The first-order chi connectivity index (χ1) is 8.16. The first-order valence-electron chi connectivity index (χ1n) is 5.08. The van der Waals surface area contributed by atoms with Crippen LogP contribution < -0.4 is 5.73 Å². The average molecular weight is 373 g/mol. The van der Waals surface area contributed by atoms with Gasteiger partial charge in [-0.15, -0.1) is 11.8 Å². The van der Waals surface area contributed by atoms with Crippen molar-refractivity contribution in [1.29, 1.82) is 0 Å². The summed E-state index contributed by atoms with van der Waals surface area (Å²) in [5, 5.41) is 0. The molecule has 0 saturated carbocycles. The van der Waals surface area contributed by atoms with Crippen molar-refractivity contribution >= 4 is 49.3 Å². The van der Waals surface area contributed by atoms with E-state index in [0.717, 1.165) is 25.9 Å². The molecule has 0 unspecified atom stereocenters. The van der Waals surface area contributed by atoms with Gasteiger partial charge in [0.25, 0.3) is 0 Å². The van der Waals surface area contributed by atoms with Crippen LogP contribution in [0.3, 0.4) is 0 Å². The van der Waals surface area contributed by atoms with E-state index in [4.69, 9.17) is 5.73 Å². The first-order valence-corrected chi connectivity index (χ1v) is 7.65. The molecule has 2 N–H and O–H groups in total. The largest absolute Gasteiger partial charge is 0.398 e. The third-order valence-corrected chi connectivity index (χ3v) is 4.59. The lowest BCUT2D eigenvalue weighted by atomic mass is 10.2. The lowest BCUT2D eigenvalue weighted by Gasteiger charge is -2.08. The van der Waals surface area contributed by atoms with Crippen LogP contribution in [0.15, 0.2) is 56.3 Å². The van der Waals surface area contributed by atoms with Crippen LogP contribution in [0.4, 0.5) is 5.69 Å². The summed E-state index contributed by atoms with van der Waals surface area (Å²) in [6.45, 7) is 0. The molecule has 0 bridgehead atoms. The standard InChI is InChI=1S/C13H11Br2NS/c14-9-3-1-4-10(7-9)17-8-11-12(15)5-2-6-13(11)16/h1-7H,8,16H2. The Balaban J connectivity index is 2.13. The van der Waals surface area contributed by atoms with Gasteiger partial charge in [-0.3, -0.25) is 0 Å². The van der Waals surface area contributed by atoms with Crippen molar-refractivity contribution in [1.82, 2.24) is 0 Å². The number of benzene rings is 2. The van der Waals surface area contributed by atoms with Crippen LogP contribution in [0.2, 0.25) is 0 Å². The van der Waals surface area contributed by atoms with Gasteiger partial charge in [0.1, 0.15) is 0 Å². The fourth-order valence-electron chi connectivity index (χ4n) is 1.44. The van der Waals surface area contributed by atoms with Gasteiger partial charge in [-0.25, -0.2) is 0 Å². The molecule has 0 amide bonds. The smallest absolute Gasteiger partial charge is 0.0366 e. The molecular weight excluding hydrogens is 362 g/mol. The van der Waals surface area contributed by atoms with E-state index >= 15 is 0 Å². The molecule has 0 spiro atoms. The molecule has 17 heavy (non-hydrogen) atoms. The van der Waals surface area contributed by atoms with Gasteiger partial charge in [0.2, 0.25) is 0 Å². The molecule has 0 radical (unpaired) electrons. The summed E-state index contributed by atoms with van der Waals surface area (Å²) >= 11 is 8.78. The van der Waals surface area contributed by atoms with Gasteiger partial charge in [-0.2, -0.15) is 0 Å². The van der Waals surface area contributed by atoms with Crippen LogP contribution in [0.1, 0.15) is 5.56 Å². The maximum Gasteiger partial charge on any atom is 0.0366 e. The zero-order chi connectivity index (χ0) is 12.3. The molecule has 0 fully saturated rings. The first kappa shape index (κ1) is 13.0. The summed E-state index contributed by atoms with van der Waals surface area (Å²) in [6.07, 6.45) is 0. The Morgan fingerprint density at radius 3 is 2.53 bits per heavy atom. The summed E-state index contributed by atoms with van der Waals surface area (Å²) < 4.78 is 2.17. The van der Waals surface area contributed by atoms with E-state index in [2.05, 4.69) is 44.0 Å². The van der Waals surface area contributed by atoms with Gasteiger partial charge in [0.05, 0.1) is 0 Å². The highest BCUT2D eigenvalue weighted by molar-refractivity contribution is 9.10. The zero-order valence-corrected chi connectivity index (χ0v) is 13.0. The van der Waals surface area contributed by atoms with Crippen molar-refractivity contribution < 1.29 is 0 Å². The Labute approximate surface area is 122 Å². The Morgan fingerprint density at radius 2 is 1.82 bits per heavy atom. The lowest BCUT2D eigenvalue weighted by molar-refractivity contribution is 1.35. The van der Waals surface area contributed by atoms with Crippen molar-refractivity contribution in [3.05, 3.63) is 57.0 Å². The fourth-order valence-corrected chi connectivity index (χ4v) is 3.72. The van der Waals surface area contributed by atoms with Crippen LogP contribution >= 0.6 is 43.6 Å². The third kappa shape index (κ3) is 3.50. The van der Waals surface area contributed by atoms with Crippen molar-refractivity contribution in [2.75, 3.05) is 5.73 Å². The fraction of sp³-hybridized carbons (Fsp3) is 0.0769. The van der Waals surface area contributed by atoms with Gasteiger partial charge in [0.15, 0.2) is 0 Å². The second-order valence-corrected chi connectivity index (χ2v) is 6.37. The third-order valence-electron chi connectivity index (χ3n) is 2.33. The SMILES string of the molecule is Nc1cccc(Br)c1CSc1cccc(Br)c1. The molecule has 0 heterocycles. The van der Waals surface area contributed by atoms with E-state index in [1.807, 2.05) is 30.3 Å². The summed E-state index contributed by atoms with van der Waals surface area (Å²) in [4.78, 5) is 1.23. The number of anilines is 1. The second-order valence-electron chi connectivity index (χ2n) is 3.55. The maximum atomic E-state index is 5.96. The molecule has 88 valence electrons. The molecule has 4 heteroatoms. The van der Waals surface area contributed by atoms with Crippen LogP contribution in [0, 0.1) is 0 Å². The molecule has 0 aromatic heterocycles. The molecule has 2 aromatic carbocycles. The van der Waals surface area contributed by atoms with Crippen LogP contribution in [-0.4, -0.2) is 0 Å². The van der Waals surface area contributed by atoms with E-state index in [-0.39, 0.29) is 0 Å². The minimum Gasteiger partial charge on any atom is -0.398 e. The molecule has 0 atom stereocenters. The van der Waals surface area contributed by atoms with E-state index in [0.29, 0.717) is 0 Å². The van der Waals surface area contributed by atoms with Gasteiger partial charge in [0, 0.05) is 25.3 Å². The van der Waals surface area contributed by atoms with Gasteiger partial charge in [-0.05, 0) is 35.9 Å². The number of hydrogen-bond donors (Lipinski definition) is 1. The van der Waals surface area contributed by atoms with Crippen LogP contribution in [0.25, 0.3) is 0 Å². The lowest BCUT2D eigenvalue weighted by Crippen LogP contribution is -1.93. The zero-order valence-electron chi connectivity index (χ0n) is 8.99. The molecule has 2 aromatic rings. The number of halogens is 2. The van der Waals surface area contributed by atoms with Gasteiger partial charge >= 0.3 is 0 Å². The quantitative estimate of drug-likeness (QED) is 0.600. The number of thioether (sulfide) groups is 1. The van der Waals surface area contributed by atoms with Gasteiger partial charge in [-0.1, -0.05) is 44.0 Å². The molecule has 0 aliphatic rings. The summed E-state index contributed by atoms with van der Waals surface area (Å²) in [7, 11) is 0. The highest BCUT2D eigenvalue weighted by atomic mass is 79.9. The highest BCUT2D eigenvalue weighted by Crippen LogP contribution is 2.31. The van der Waals surface area contributed by atoms with Crippen molar-refractivity contribution in [2.24, 2.45) is 0 Å². The van der Waals surface area contributed by atoms with E-state index < -0.39 is 0 Å². The van der Waals surface area contributed by atoms with Crippen molar-refractivity contribution in [3.63, 3.8) is 0 Å². The number of rotatable bonds is 3. The topological polar surface area (TPSA) is 26.0 Å². The minimum absolute atomic E-state index is 0.835. The number of nitrogen functional groups attached to an aromatic ring is 1. The molecule has 0 saturated heterocycles. The molecular formula is C13H11Br2NS. The highest BCUT2D eigenvalue weighted by Gasteiger charge is 2.04. The monoisotopic (exact) mass is 371 g/mol. The normalized spacial score (nSPS) is 10.5. The predicted molar refractivity (Wildman–Crippen MR) is 82.3 cm³/mol. The molecule has 1 nitrogen and oxygen atoms in total. The van der Waals surface area contributed by atoms with Crippen LogP contribution in [0.5, 0.6) is 0 Å². The summed E-state index contributed by atoms with van der Waals surface area (Å²) in [5.74, 6) is 0.865. The Bertz CT molecular complexity index is 508. The summed E-state index contributed by atoms with van der Waals surface area (Å²) in [6, 6.07) is 14.2. The van der Waals surface area contributed by atoms with Crippen molar-refractivity contribution in [3.8, 4) is 0 Å². The minimum atomic E-state index is 0.835. The number of hydrogen-bond acceptors (Lipinski definition) is 2. The summed E-state index contributed by atoms with van der Waals surface area (Å²) in [5.41, 5.74) is 7.95. The van der Waals surface area contributed by atoms with E-state index in [1.54, 1.807) is 11.8 Å². The maximum absolute atomic E-state index is 5.96. The van der Waals surface area contributed by atoms with Gasteiger partial charge < -0.3 is 5.73 Å². The van der Waals surface area contributed by atoms with Crippen LogP contribution in [-0.2, 0) is 5.75 Å². The molecule has 2 rings (SSSR count). The Morgan fingerprint density at radius 1 is 1.06 bits per heavy atom. The van der Waals surface area contributed by atoms with Crippen molar-refractivity contribution in [2.45, 2.75) is 10.6 Å².